The summed E-state index contributed by atoms with van der Waals surface area (Å²) < 4.78 is 0. The van der Waals surface area contributed by atoms with Crippen LogP contribution in [0.3, 0.4) is 0 Å². The Morgan fingerprint density at radius 1 is 0.941 bits per heavy atom. The molecule has 2 rings (SSSR count). The SMILES string of the molecule is CCC1CCCC(NC2C(C)CCCC2C)C1. The average molecular weight is 237 g/mol. The standard InChI is InChI=1S/C16H31N/c1-4-14-9-6-10-15(11-14)17-16-12(2)7-5-8-13(16)3/h12-17H,4-11H2,1-3H3. The molecule has 0 aromatic rings. The molecular formula is C16H31N. The van der Waals surface area contributed by atoms with E-state index in [1.54, 1.807) is 0 Å². The first-order valence-corrected chi connectivity index (χ1v) is 7.96. The van der Waals surface area contributed by atoms with Crippen LogP contribution in [0.1, 0.15) is 72.1 Å². The maximum Gasteiger partial charge on any atom is 0.0121 e. The van der Waals surface area contributed by atoms with E-state index in [9.17, 15) is 0 Å². The zero-order valence-corrected chi connectivity index (χ0v) is 12.0. The molecule has 1 nitrogen and oxygen atoms in total. The van der Waals surface area contributed by atoms with Gasteiger partial charge in [-0.3, -0.25) is 0 Å². The van der Waals surface area contributed by atoms with Crippen molar-refractivity contribution in [2.75, 3.05) is 0 Å². The Labute approximate surface area is 108 Å². The maximum absolute atomic E-state index is 4.02. The van der Waals surface area contributed by atoms with Crippen LogP contribution >= 0.6 is 0 Å². The van der Waals surface area contributed by atoms with Crippen LogP contribution in [-0.2, 0) is 0 Å². The Balaban J connectivity index is 1.86. The fraction of sp³-hybridized carbons (Fsp3) is 1.00. The van der Waals surface area contributed by atoms with Gasteiger partial charge >= 0.3 is 0 Å². The number of hydrogen-bond acceptors (Lipinski definition) is 1. The molecule has 0 heterocycles. The number of rotatable bonds is 3. The molecule has 17 heavy (non-hydrogen) atoms. The van der Waals surface area contributed by atoms with Gasteiger partial charge in [-0.15, -0.1) is 0 Å². The van der Waals surface area contributed by atoms with Crippen LogP contribution in [0.25, 0.3) is 0 Å². The lowest BCUT2D eigenvalue weighted by atomic mass is 9.77. The highest BCUT2D eigenvalue weighted by molar-refractivity contribution is 4.88. The first-order valence-electron chi connectivity index (χ1n) is 7.96. The summed E-state index contributed by atoms with van der Waals surface area (Å²) in [6, 6.07) is 1.62. The van der Waals surface area contributed by atoms with E-state index in [1.807, 2.05) is 0 Å². The number of nitrogens with one attached hydrogen (secondary N) is 1. The highest BCUT2D eigenvalue weighted by Crippen LogP contribution is 2.32. The molecule has 4 unspecified atom stereocenters. The van der Waals surface area contributed by atoms with Crippen molar-refractivity contribution in [2.45, 2.75) is 84.2 Å². The Hall–Kier alpha value is -0.0400. The van der Waals surface area contributed by atoms with Gasteiger partial charge in [-0.05, 0) is 43.4 Å². The molecule has 100 valence electrons. The molecule has 2 saturated carbocycles. The van der Waals surface area contributed by atoms with E-state index in [4.69, 9.17) is 0 Å². The molecule has 0 radical (unpaired) electrons. The van der Waals surface area contributed by atoms with Crippen molar-refractivity contribution in [3.63, 3.8) is 0 Å². The van der Waals surface area contributed by atoms with Gasteiger partial charge in [-0.1, -0.05) is 46.5 Å². The minimum Gasteiger partial charge on any atom is -0.311 e. The topological polar surface area (TPSA) is 12.0 Å². The van der Waals surface area contributed by atoms with Gasteiger partial charge in [0.25, 0.3) is 0 Å². The second kappa shape index (κ2) is 6.22. The van der Waals surface area contributed by atoms with Crippen molar-refractivity contribution < 1.29 is 0 Å². The van der Waals surface area contributed by atoms with E-state index < -0.39 is 0 Å². The van der Waals surface area contributed by atoms with E-state index >= 15 is 0 Å². The predicted octanol–water partition coefficient (Wildman–Crippen LogP) is 4.37. The van der Waals surface area contributed by atoms with Crippen LogP contribution in [0.5, 0.6) is 0 Å². The first-order chi connectivity index (χ1) is 8.20. The van der Waals surface area contributed by atoms with Crippen LogP contribution in [0.2, 0.25) is 0 Å². The monoisotopic (exact) mass is 237 g/mol. The van der Waals surface area contributed by atoms with Crippen LogP contribution in [0.15, 0.2) is 0 Å². The van der Waals surface area contributed by atoms with E-state index in [2.05, 4.69) is 26.1 Å². The first kappa shape index (κ1) is 13.4. The highest BCUT2D eigenvalue weighted by atomic mass is 15.0. The third kappa shape index (κ3) is 3.47. The van der Waals surface area contributed by atoms with Crippen molar-refractivity contribution >= 4 is 0 Å². The summed E-state index contributed by atoms with van der Waals surface area (Å²) in [6.45, 7) is 7.26. The van der Waals surface area contributed by atoms with Gasteiger partial charge in [0.15, 0.2) is 0 Å². The molecule has 2 aliphatic carbocycles. The van der Waals surface area contributed by atoms with E-state index in [0.717, 1.165) is 29.8 Å². The smallest absolute Gasteiger partial charge is 0.0121 e. The van der Waals surface area contributed by atoms with Crippen LogP contribution in [0, 0.1) is 17.8 Å². The van der Waals surface area contributed by atoms with Crippen molar-refractivity contribution in [1.82, 2.24) is 5.32 Å². The lowest BCUT2D eigenvalue weighted by Crippen LogP contribution is -2.49. The zero-order valence-electron chi connectivity index (χ0n) is 12.0. The molecule has 0 spiro atoms. The molecule has 0 aromatic heterocycles. The Morgan fingerprint density at radius 2 is 1.59 bits per heavy atom. The summed E-state index contributed by atoms with van der Waals surface area (Å²) in [4.78, 5) is 0. The summed E-state index contributed by atoms with van der Waals surface area (Å²) in [5, 5.41) is 4.02. The molecule has 0 aliphatic heterocycles. The predicted molar refractivity (Wildman–Crippen MR) is 75.1 cm³/mol. The molecule has 0 bridgehead atoms. The quantitative estimate of drug-likeness (QED) is 0.768. The van der Waals surface area contributed by atoms with Crippen LogP contribution in [0.4, 0.5) is 0 Å². The summed E-state index contributed by atoms with van der Waals surface area (Å²) in [7, 11) is 0. The number of hydrogen-bond donors (Lipinski definition) is 1. The summed E-state index contributed by atoms with van der Waals surface area (Å²) in [5.41, 5.74) is 0. The van der Waals surface area contributed by atoms with E-state index in [0.29, 0.717) is 0 Å². The lowest BCUT2D eigenvalue weighted by Gasteiger charge is -2.40. The van der Waals surface area contributed by atoms with Gasteiger partial charge in [-0.25, -0.2) is 0 Å². The van der Waals surface area contributed by atoms with Crippen LogP contribution in [-0.4, -0.2) is 12.1 Å². The van der Waals surface area contributed by atoms with Gasteiger partial charge < -0.3 is 5.32 Å². The fourth-order valence-corrected chi connectivity index (χ4v) is 4.10. The largest absolute Gasteiger partial charge is 0.311 e. The Bertz CT molecular complexity index is 216. The van der Waals surface area contributed by atoms with E-state index in [-0.39, 0.29) is 0 Å². The van der Waals surface area contributed by atoms with Crippen molar-refractivity contribution in [2.24, 2.45) is 17.8 Å². The molecule has 0 amide bonds. The molecule has 0 aromatic carbocycles. The second-order valence-corrected chi connectivity index (χ2v) is 6.72. The normalized spacial score (nSPS) is 43.6. The molecule has 1 heteroatoms. The lowest BCUT2D eigenvalue weighted by molar-refractivity contribution is 0.165. The minimum absolute atomic E-state index is 0.796. The molecule has 2 fully saturated rings. The van der Waals surface area contributed by atoms with Gasteiger partial charge in [0.1, 0.15) is 0 Å². The van der Waals surface area contributed by atoms with Gasteiger partial charge in [0, 0.05) is 12.1 Å². The maximum atomic E-state index is 4.02. The summed E-state index contributed by atoms with van der Waals surface area (Å²) in [5.74, 6) is 2.77. The third-order valence-corrected chi connectivity index (χ3v) is 5.33. The molecule has 2 aliphatic rings. The van der Waals surface area contributed by atoms with Gasteiger partial charge in [0.05, 0.1) is 0 Å². The third-order valence-electron chi connectivity index (χ3n) is 5.33. The van der Waals surface area contributed by atoms with Crippen molar-refractivity contribution in [3.05, 3.63) is 0 Å². The summed E-state index contributed by atoms with van der Waals surface area (Å²) >= 11 is 0. The molecular weight excluding hydrogens is 206 g/mol. The van der Waals surface area contributed by atoms with Crippen molar-refractivity contribution in [3.8, 4) is 0 Å². The highest BCUT2D eigenvalue weighted by Gasteiger charge is 2.30. The Kier molecular flexibility index (Phi) is 4.90. The second-order valence-electron chi connectivity index (χ2n) is 6.72. The zero-order chi connectivity index (χ0) is 12.3. The minimum atomic E-state index is 0.796. The van der Waals surface area contributed by atoms with Gasteiger partial charge in [-0.2, -0.15) is 0 Å². The molecule has 0 saturated heterocycles. The van der Waals surface area contributed by atoms with Gasteiger partial charge in [0.2, 0.25) is 0 Å². The fourth-order valence-electron chi connectivity index (χ4n) is 4.10. The summed E-state index contributed by atoms with van der Waals surface area (Å²) in [6.07, 6.45) is 11.5. The van der Waals surface area contributed by atoms with E-state index in [1.165, 1.54) is 51.4 Å². The van der Waals surface area contributed by atoms with Crippen molar-refractivity contribution in [1.29, 1.82) is 0 Å². The molecule has 1 N–H and O–H groups in total. The molecule has 4 atom stereocenters. The van der Waals surface area contributed by atoms with Crippen LogP contribution < -0.4 is 5.32 Å². The Morgan fingerprint density at radius 3 is 2.24 bits per heavy atom. The average Bonchev–Trinajstić information content (AvgIpc) is 2.34.